The molecular weight excluding hydrogens is 414 g/mol. The second kappa shape index (κ2) is 11.4. The zero-order chi connectivity index (χ0) is 22.1. The highest BCUT2D eigenvalue weighted by molar-refractivity contribution is 7.89. The third-order valence-electron chi connectivity index (χ3n) is 5.27. The number of nitrogens with one attached hydrogen (secondary N) is 2. The van der Waals surface area contributed by atoms with Gasteiger partial charge in [-0.1, -0.05) is 31.2 Å². The van der Waals surface area contributed by atoms with Gasteiger partial charge < -0.3 is 15.4 Å². The van der Waals surface area contributed by atoms with Gasteiger partial charge in [0.2, 0.25) is 10.0 Å². The molecule has 1 saturated heterocycles. The highest BCUT2D eigenvalue weighted by atomic mass is 32.2. The molecule has 0 unspecified atom stereocenters. The normalized spacial score (nSPS) is 15.0. The van der Waals surface area contributed by atoms with Crippen LogP contribution in [-0.2, 0) is 27.7 Å². The molecule has 2 aromatic rings. The van der Waals surface area contributed by atoms with Gasteiger partial charge in [0.1, 0.15) is 0 Å². The Balaban J connectivity index is 1.40. The molecule has 1 aliphatic heterocycles. The Morgan fingerprint density at radius 3 is 2.45 bits per heavy atom. The first-order valence-corrected chi connectivity index (χ1v) is 12.2. The van der Waals surface area contributed by atoms with Gasteiger partial charge in [-0.2, -0.15) is 4.31 Å². The van der Waals surface area contributed by atoms with Crippen LogP contribution in [0.25, 0.3) is 0 Å². The molecule has 31 heavy (non-hydrogen) atoms. The van der Waals surface area contributed by atoms with Crippen LogP contribution in [0.2, 0.25) is 0 Å². The summed E-state index contributed by atoms with van der Waals surface area (Å²) in [5.74, 6) is -0.203. The molecule has 0 atom stereocenters. The van der Waals surface area contributed by atoms with E-state index in [0.717, 1.165) is 25.9 Å². The standard InChI is InChI=1S/C23H31N3O4S/c1-2-19-5-3-6-20(17-19)18-24-11-4-12-25-23(27)21-7-9-22(10-8-21)31(28,29)26-13-15-30-16-14-26/h3,5-10,17,24H,2,4,11-16,18H2,1H3,(H,25,27). The number of ether oxygens (including phenoxy) is 1. The van der Waals surface area contributed by atoms with E-state index in [-0.39, 0.29) is 10.8 Å². The molecule has 3 rings (SSSR count). The van der Waals surface area contributed by atoms with E-state index in [1.165, 1.54) is 27.6 Å². The Morgan fingerprint density at radius 2 is 1.74 bits per heavy atom. The molecule has 0 bridgehead atoms. The molecule has 0 aromatic heterocycles. The molecule has 0 saturated carbocycles. The minimum Gasteiger partial charge on any atom is -0.379 e. The third-order valence-corrected chi connectivity index (χ3v) is 7.18. The molecule has 168 valence electrons. The van der Waals surface area contributed by atoms with Gasteiger partial charge in [0, 0.05) is 31.7 Å². The number of hydrogen-bond acceptors (Lipinski definition) is 5. The summed E-state index contributed by atoms with van der Waals surface area (Å²) in [5, 5.41) is 6.27. The lowest BCUT2D eigenvalue weighted by Gasteiger charge is -2.26. The molecule has 8 heteroatoms. The zero-order valence-corrected chi connectivity index (χ0v) is 18.8. The van der Waals surface area contributed by atoms with Crippen LogP contribution < -0.4 is 10.6 Å². The van der Waals surface area contributed by atoms with Crippen molar-refractivity contribution in [3.63, 3.8) is 0 Å². The summed E-state index contributed by atoms with van der Waals surface area (Å²) in [4.78, 5) is 12.5. The number of nitrogens with zero attached hydrogens (tertiary/aromatic N) is 1. The number of carbonyl (C=O) groups is 1. The van der Waals surface area contributed by atoms with Crippen molar-refractivity contribution >= 4 is 15.9 Å². The maximum atomic E-state index is 12.6. The van der Waals surface area contributed by atoms with Gasteiger partial charge >= 0.3 is 0 Å². The molecule has 1 heterocycles. The monoisotopic (exact) mass is 445 g/mol. The van der Waals surface area contributed by atoms with Crippen molar-refractivity contribution < 1.29 is 17.9 Å². The van der Waals surface area contributed by atoms with Gasteiger partial charge in [-0.3, -0.25) is 4.79 Å². The fourth-order valence-corrected chi connectivity index (χ4v) is 4.83. The van der Waals surface area contributed by atoms with Crippen LogP contribution >= 0.6 is 0 Å². The SMILES string of the molecule is CCc1cccc(CNCCCNC(=O)c2ccc(S(=O)(=O)N3CCOCC3)cc2)c1. The van der Waals surface area contributed by atoms with E-state index in [2.05, 4.69) is 41.8 Å². The number of amides is 1. The number of hydrogen-bond donors (Lipinski definition) is 2. The van der Waals surface area contributed by atoms with Crippen molar-refractivity contribution in [2.45, 2.75) is 31.2 Å². The molecule has 1 amide bonds. The molecule has 7 nitrogen and oxygen atoms in total. The third kappa shape index (κ3) is 6.61. The fourth-order valence-electron chi connectivity index (χ4n) is 3.42. The second-order valence-corrected chi connectivity index (χ2v) is 9.44. The van der Waals surface area contributed by atoms with E-state index in [4.69, 9.17) is 4.74 Å². The Kier molecular flexibility index (Phi) is 8.60. The quantitative estimate of drug-likeness (QED) is 0.548. The maximum Gasteiger partial charge on any atom is 0.251 e. The fraction of sp³-hybridized carbons (Fsp3) is 0.435. The van der Waals surface area contributed by atoms with Gasteiger partial charge in [-0.15, -0.1) is 0 Å². The first-order chi connectivity index (χ1) is 15.0. The number of rotatable bonds is 10. The molecule has 1 aliphatic rings. The Bertz CT molecular complexity index is 955. The predicted molar refractivity (Wildman–Crippen MR) is 120 cm³/mol. The van der Waals surface area contributed by atoms with E-state index in [1.807, 2.05) is 0 Å². The largest absolute Gasteiger partial charge is 0.379 e. The number of morpholine rings is 1. The maximum absolute atomic E-state index is 12.6. The summed E-state index contributed by atoms with van der Waals surface area (Å²) < 4.78 is 31.9. The number of benzene rings is 2. The summed E-state index contributed by atoms with van der Waals surface area (Å²) in [6.45, 7) is 5.80. The van der Waals surface area contributed by atoms with E-state index in [0.29, 0.717) is 38.4 Å². The summed E-state index contributed by atoms with van der Waals surface area (Å²) in [5.41, 5.74) is 3.04. The molecular formula is C23H31N3O4S. The van der Waals surface area contributed by atoms with Crippen molar-refractivity contribution in [2.75, 3.05) is 39.4 Å². The molecule has 0 spiro atoms. The van der Waals surface area contributed by atoms with E-state index < -0.39 is 10.0 Å². The van der Waals surface area contributed by atoms with Crippen LogP contribution in [0.1, 0.15) is 34.8 Å². The Morgan fingerprint density at radius 1 is 1.03 bits per heavy atom. The summed E-state index contributed by atoms with van der Waals surface area (Å²) in [6.07, 6.45) is 1.84. The van der Waals surface area contributed by atoms with E-state index >= 15 is 0 Å². The summed E-state index contributed by atoms with van der Waals surface area (Å²) in [6, 6.07) is 14.6. The average molecular weight is 446 g/mol. The second-order valence-electron chi connectivity index (χ2n) is 7.50. The van der Waals surface area contributed by atoms with Crippen molar-refractivity contribution in [1.29, 1.82) is 0 Å². The Hall–Kier alpha value is -2.26. The van der Waals surface area contributed by atoms with Gasteiger partial charge in [-0.05, 0) is 54.8 Å². The first kappa shape index (κ1) is 23.4. The lowest BCUT2D eigenvalue weighted by atomic mass is 10.1. The predicted octanol–water partition coefficient (Wildman–Crippen LogP) is 2.18. The van der Waals surface area contributed by atoms with Crippen molar-refractivity contribution in [1.82, 2.24) is 14.9 Å². The highest BCUT2D eigenvalue weighted by Crippen LogP contribution is 2.17. The minimum absolute atomic E-state index is 0.197. The van der Waals surface area contributed by atoms with Crippen LogP contribution in [0.4, 0.5) is 0 Å². The van der Waals surface area contributed by atoms with Crippen molar-refractivity contribution in [3.8, 4) is 0 Å². The van der Waals surface area contributed by atoms with E-state index in [9.17, 15) is 13.2 Å². The highest BCUT2D eigenvalue weighted by Gasteiger charge is 2.26. The average Bonchev–Trinajstić information content (AvgIpc) is 2.82. The molecule has 0 radical (unpaired) electrons. The van der Waals surface area contributed by atoms with Crippen LogP contribution in [0.5, 0.6) is 0 Å². The molecule has 2 N–H and O–H groups in total. The van der Waals surface area contributed by atoms with Gasteiger partial charge in [0.25, 0.3) is 5.91 Å². The summed E-state index contributed by atoms with van der Waals surface area (Å²) >= 11 is 0. The van der Waals surface area contributed by atoms with Gasteiger partial charge in [-0.25, -0.2) is 8.42 Å². The van der Waals surface area contributed by atoms with Crippen LogP contribution in [-0.4, -0.2) is 58.0 Å². The first-order valence-electron chi connectivity index (χ1n) is 10.8. The smallest absolute Gasteiger partial charge is 0.251 e. The number of sulfonamides is 1. The Labute approximate surface area is 184 Å². The van der Waals surface area contributed by atoms with Crippen molar-refractivity contribution in [3.05, 3.63) is 65.2 Å². The number of aryl methyl sites for hydroxylation is 1. The molecule has 1 fully saturated rings. The van der Waals surface area contributed by atoms with Crippen molar-refractivity contribution in [2.24, 2.45) is 0 Å². The molecule has 2 aromatic carbocycles. The zero-order valence-electron chi connectivity index (χ0n) is 18.0. The van der Waals surface area contributed by atoms with Crippen LogP contribution in [0.3, 0.4) is 0 Å². The van der Waals surface area contributed by atoms with Gasteiger partial charge in [0.15, 0.2) is 0 Å². The lowest BCUT2D eigenvalue weighted by molar-refractivity contribution is 0.0730. The molecule has 0 aliphatic carbocycles. The lowest BCUT2D eigenvalue weighted by Crippen LogP contribution is -2.40. The topological polar surface area (TPSA) is 87.7 Å². The van der Waals surface area contributed by atoms with Crippen LogP contribution in [0, 0.1) is 0 Å². The van der Waals surface area contributed by atoms with Gasteiger partial charge in [0.05, 0.1) is 18.1 Å². The summed E-state index contributed by atoms with van der Waals surface area (Å²) in [7, 11) is -3.55. The van der Waals surface area contributed by atoms with E-state index in [1.54, 1.807) is 12.1 Å². The van der Waals surface area contributed by atoms with Crippen LogP contribution in [0.15, 0.2) is 53.4 Å². The number of carbonyl (C=O) groups excluding carboxylic acids is 1. The minimum atomic E-state index is -3.55.